The first-order valence-corrected chi connectivity index (χ1v) is 5.30. The van der Waals surface area contributed by atoms with Gasteiger partial charge in [0, 0.05) is 0 Å². The van der Waals surface area contributed by atoms with Crippen LogP contribution in [0.25, 0.3) is 0 Å². The summed E-state index contributed by atoms with van der Waals surface area (Å²) in [7, 11) is 0. The van der Waals surface area contributed by atoms with Crippen LogP contribution in [-0.2, 0) is 0 Å². The zero-order valence-corrected chi connectivity index (χ0v) is 8.90. The summed E-state index contributed by atoms with van der Waals surface area (Å²) >= 11 is 0. The van der Waals surface area contributed by atoms with Gasteiger partial charge in [-0.3, -0.25) is 0 Å². The van der Waals surface area contributed by atoms with Crippen molar-refractivity contribution in [3.63, 3.8) is 0 Å². The van der Waals surface area contributed by atoms with Crippen molar-refractivity contribution in [2.45, 2.75) is 53.9 Å². The molecular formula is C12H27N. The van der Waals surface area contributed by atoms with Gasteiger partial charge in [0.25, 0.3) is 0 Å². The summed E-state index contributed by atoms with van der Waals surface area (Å²) in [5.41, 5.74) is 0.511. The Morgan fingerprint density at radius 1 is 1.00 bits per heavy atom. The molecule has 1 saturated heterocycles. The summed E-state index contributed by atoms with van der Waals surface area (Å²) in [6.07, 6.45) is 5.63. The van der Waals surface area contributed by atoms with Crippen molar-refractivity contribution in [3.8, 4) is 0 Å². The van der Waals surface area contributed by atoms with Crippen molar-refractivity contribution in [3.05, 3.63) is 0 Å². The van der Waals surface area contributed by atoms with E-state index in [-0.39, 0.29) is 7.43 Å². The highest BCUT2D eigenvalue weighted by Gasteiger charge is 2.14. The fourth-order valence-electron chi connectivity index (χ4n) is 1.68. The van der Waals surface area contributed by atoms with Gasteiger partial charge in [0.1, 0.15) is 0 Å². The van der Waals surface area contributed by atoms with Gasteiger partial charge in [-0.1, -0.05) is 34.6 Å². The molecule has 0 atom stereocenters. The lowest BCUT2D eigenvalue weighted by molar-refractivity contribution is 0.196. The van der Waals surface area contributed by atoms with Crippen LogP contribution in [0, 0.1) is 5.41 Å². The zero-order chi connectivity index (χ0) is 9.03. The van der Waals surface area contributed by atoms with Crippen LogP contribution in [0.1, 0.15) is 53.9 Å². The molecule has 0 aliphatic carbocycles. The van der Waals surface area contributed by atoms with E-state index in [0.29, 0.717) is 5.41 Å². The van der Waals surface area contributed by atoms with Crippen molar-refractivity contribution in [1.29, 1.82) is 0 Å². The zero-order valence-electron chi connectivity index (χ0n) is 8.90. The monoisotopic (exact) mass is 185 g/mol. The summed E-state index contributed by atoms with van der Waals surface area (Å²) in [5.74, 6) is 0. The van der Waals surface area contributed by atoms with Crippen LogP contribution in [0.15, 0.2) is 0 Å². The molecule has 0 saturated carbocycles. The molecule has 1 heterocycles. The van der Waals surface area contributed by atoms with Gasteiger partial charge >= 0.3 is 0 Å². The number of piperidine rings is 1. The summed E-state index contributed by atoms with van der Waals surface area (Å²) in [6, 6.07) is 0. The third-order valence-corrected chi connectivity index (χ3v) is 2.63. The standard InChI is InChI=1S/C11H23N.CH4/c1-11(2,3)7-10-12-8-5-4-6-9-12;/h4-10H2,1-3H3;1H4. The first kappa shape index (κ1) is 13.0. The van der Waals surface area contributed by atoms with Crippen molar-refractivity contribution in [2.24, 2.45) is 5.41 Å². The second-order valence-corrected chi connectivity index (χ2v) is 5.21. The van der Waals surface area contributed by atoms with Crippen molar-refractivity contribution in [1.82, 2.24) is 4.90 Å². The van der Waals surface area contributed by atoms with Gasteiger partial charge in [-0.05, 0) is 44.3 Å². The summed E-state index contributed by atoms with van der Waals surface area (Å²) < 4.78 is 0. The van der Waals surface area contributed by atoms with Crippen molar-refractivity contribution < 1.29 is 0 Å². The van der Waals surface area contributed by atoms with Crippen LogP contribution in [0.4, 0.5) is 0 Å². The fraction of sp³-hybridized carbons (Fsp3) is 1.00. The van der Waals surface area contributed by atoms with Crippen LogP contribution >= 0.6 is 0 Å². The average Bonchev–Trinajstić information content (AvgIpc) is 2.02. The summed E-state index contributed by atoms with van der Waals surface area (Å²) in [4.78, 5) is 2.62. The highest BCUT2D eigenvalue weighted by Crippen LogP contribution is 2.20. The molecule has 0 aromatic rings. The predicted octanol–water partition coefficient (Wildman–Crippen LogP) is 3.54. The second-order valence-electron chi connectivity index (χ2n) is 5.21. The molecular weight excluding hydrogens is 158 g/mol. The first-order chi connectivity index (χ1) is 5.58. The first-order valence-electron chi connectivity index (χ1n) is 5.30. The molecule has 13 heavy (non-hydrogen) atoms. The Kier molecular flexibility index (Phi) is 5.62. The van der Waals surface area contributed by atoms with Crippen molar-refractivity contribution >= 4 is 0 Å². The number of rotatable bonds is 2. The Labute approximate surface area is 84.5 Å². The van der Waals surface area contributed by atoms with E-state index in [4.69, 9.17) is 0 Å². The molecule has 0 radical (unpaired) electrons. The van der Waals surface area contributed by atoms with E-state index in [1.54, 1.807) is 0 Å². The minimum absolute atomic E-state index is 0. The molecule has 1 fully saturated rings. The minimum atomic E-state index is 0. The Morgan fingerprint density at radius 2 is 1.54 bits per heavy atom. The second kappa shape index (κ2) is 5.64. The van der Waals surface area contributed by atoms with Crippen LogP contribution in [-0.4, -0.2) is 24.5 Å². The van der Waals surface area contributed by atoms with Crippen LogP contribution < -0.4 is 0 Å². The van der Waals surface area contributed by atoms with E-state index in [1.807, 2.05) is 0 Å². The quantitative estimate of drug-likeness (QED) is 0.636. The Morgan fingerprint density at radius 3 is 2.00 bits per heavy atom. The molecule has 0 spiro atoms. The van der Waals surface area contributed by atoms with Gasteiger partial charge in [-0.2, -0.15) is 0 Å². The Hall–Kier alpha value is -0.0400. The molecule has 0 bridgehead atoms. The number of likely N-dealkylation sites (tertiary alicyclic amines) is 1. The van der Waals surface area contributed by atoms with Crippen LogP contribution in [0.5, 0.6) is 0 Å². The molecule has 1 aliphatic rings. The lowest BCUT2D eigenvalue weighted by atomic mass is 9.92. The SMILES string of the molecule is C.CC(C)(C)CCN1CCCCC1. The number of hydrogen-bond donors (Lipinski definition) is 0. The smallest absolute Gasteiger partial charge is 0.00138 e. The maximum absolute atomic E-state index is 2.62. The average molecular weight is 185 g/mol. The molecule has 0 aromatic carbocycles. The lowest BCUT2D eigenvalue weighted by Gasteiger charge is -2.29. The third kappa shape index (κ3) is 6.09. The van der Waals surface area contributed by atoms with Crippen LogP contribution in [0.2, 0.25) is 0 Å². The highest BCUT2D eigenvalue weighted by molar-refractivity contribution is 4.69. The summed E-state index contributed by atoms with van der Waals surface area (Å²) in [5, 5.41) is 0. The molecule has 80 valence electrons. The van der Waals surface area contributed by atoms with Gasteiger partial charge in [0.2, 0.25) is 0 Å². The largest absolute Gasteiger partial charge is 0.303 e. The van der Waals surface area contributed by atoms with Crippen LogP contribution in [0.3, 0.4) is 0 Å². The van der Waals surface area contributed by atoms with Gasteiger partial charge in [-0.25, -0.2) is 0 Å². The highest BCUT2D eigenvalue weighted by atomic mass is 15.1. The van der Waals surface area contributed by atoms with Gasteiger partial charge < -0.3 is 4.90 Å². The Balaban J connectivity index is 0.00000144. The molecule has 1 rings (SSSR count). The normalized spacial score (nSPS) is 19.6. The predicted molar refractivity (Wildman–Crippen MR) is 61.1 cm³/mol. The fourth-order valence-corrected chi connectivity index (χ4v) is 1.68. The van der Waals surface area contributed by atoms with E-state index in [2.05, 4.69) is 25.7 Å². The molecule has 0 aromatic heterocycles. The van der Waals surface area contributed by atoms with E-state index >= 15 is 0 Å². The van der Waals surface area contributed by atoms with E-state index in [0.717, 1.165) is 0 Å². The van der Waals surface area contributed by atoms with E-state index in [1.165, 1.54) is 45.3 Å². The molecule has 1 heteroatoms. The number of nitrogens with zero attached hydrogens (tertiary/aromatic N) is 1. The summed E-state index contributed by atoms with van der Waals surface area (Å²) in [6.45, 7) is 11.0. The van der Waals surface area contributed by atoms with Gasteiger partial charge in [-0.15, -0.1) is 0 Å². The topological polar surface area (TPSA) is 3.24 Å². The molecule has 1 aliphatic heterocycles. The van der Waals surface area contributed by atoms with Gasteiger partial charge in [0.05, 0.1) is 0 Å². The maximum Gasteiger partial charge on any atom is -0.00138 e. The van der Waals surface area contributed by atoms with E-state index in [9.17, 15) is 0 Å². The molecule has 0 amide bonds. The van der Waals surface area contributed by atoms with Gasteiger partial charge in [0.15, 0.2) is 0 Å². The number of hydrogen-bond acceptors (Lipinski definition) is 1. The van der Waals surface area contributed by atoms with E-state index < -0.39 is 0 Å². The Bertz CT molecular complexity index is 118. The lowest BCUT2D eigenvalue weighted by Crippen LogP contribution is -2.32. The maximum atomic E-state index is 2.62. The molecule has 1 nitrogen and oxygen atoms in total. The minimum Gasteiger partial charge on any atom is -0.303 e. The van der Waals surface area contributed by atoms with Crippen molar-refractivity contribution in [2.75, 3.05) is 19.6 Å². The molecule has 0 N–H and O–H groups in total. The third-order valence-electron chi connectivity index (χ3n) is 2.63. The molecule has 0 unspecified atom stereocenters.